The van der Waals surface area contributed by atoms with E-state index in [-0.39, 0.29) is 0 Å². The first-order chi connectivity index (χ1) is 8.24. The number of hydrogen-bond acceptors (Lipinski definition) is 2. The Morgan fingerprint density at radius 3 is 3.00 bits per heavy atom. The summed E-state index contributed by atoms with van der Waals surface area (Å²) >= 11 is 0. The Morgan fingerprint density at radius 1 is 1.47 bits per heavy atom. The molecule has 2 aromatic rings. The van der Waals surface area contributed by atoms with Crippen molar-refractivity contribution in [3.63, 3.8) is 0 Å². The fourth-order valence-electron chi connectivity index (χ4n) is 2.05. The molecule has 0 saturated heterocycles. The highest BCUT2D eigenvalue weighted by molar-refractivity contribution is 6.05. The summed E-state index contributed by atoms with van der Waals surface area (Å²) in [5.41, 5.74) is 6.96. The maximum Gasteiger partial charge on any atom is 0.250 e. The van der Waals surface area contributed by atoms with Gasteiger partial charge in [-0.1, -0.05) is 19.8 Å². The largest absolute Gasteiger partial charge is 0.366 e. The number of carbonyl (C=O) groups excluding carboxylic acids is 1. The summed E-state index contributed by atoms with van der Waals surface area (Å²) in [5, 5.41) is 0.844. The van der Waals surface area contributed by atoms with Crippen LogP contribution in [0.25, 0.3) is 10.9 Å². The van der Waals surface area contributed by atoms with Gasteiger partial charge in [0, 0.05) is 30.5 Å². The van der Waals surface area contributed by atoms with Crippen molar-refractivity contribution in [3.05, 3.63) is 30.2 Å². The van der Waals surface area contributed by atoms with Gasteiger partial charge >= 0.3 is 0 Å². The molecule has 0 aliphatic carbocycles. The van der Waals surface area contributed by atoms with Gasteiger partial charge in [-0.2, -0.15) is 0 Å². The van der Waals surface area contributed by atoms with E-state index < -0.39 is 5.91 Å². The minimum absolute atomic E-state index is 0.391. The Hall–Kier alpha value is -1.84. The van der Waals surface area contributed by atoms with E-state index >= 15 is 0 Å². The fraction of sp³-hybridized carbons (Fsp3) is 0.385. The molecule has 0 aromatic carbocycles. The zero-order valence-electron chi connectivity index (χ0n) is 10.0. The number of fused-ring (bicyclic) bond motifs is 1. The quantitative estimate of drug-likeness (QED) is 0.803. The van der Waals surface area contributed by atoms with E-state index in [9.17, 15) is 4.79 Å². The number of unbranched alkanes of at least 4 members (excludes halogenated alkanes) is 2. The summed E-state index contributed by atoms with van der Waals surface area (Å²) in [4.78, 5) is 15.4. The molecule has 0 bridgehead atoms. The first-order valence-electron chi connectivity index (χ1n) is 5.96. The summed E-state index contributed by atoms with van der Waals surface area (Å²) in [6, 6.07) is 1.92. The van der Waals surface area contributed by atoms with E-state index in [1.165, 1.54) is 12.8 Å². The number of hydrogen-bond donors (Lipinski definition) is 1. The van der Waals surface area contributed by atoms with Crippen LogP contribution in [0, 0.1) is 0 Å². The summed E-state index contributed by atoms with van der Waals surface area (Å²) < 4.78 is 2.09. The van der Waals surface area contributed by atoms with Gasteiger partial charge in [-0.25, -0.2) is 0 Å². The van der Waals surface area contributed by atoms with E-state index in [0.717, 1.165) is 23.9 Å². The molecule has 2 N–H and O–H groups in total. The van der Waals surface area contributed by atoms with Gasteiger partial charge in [0.2, 0.25) is 0 Å². The van der Waals surface area contributed by atoms with Gasteiger partial charge in [0.1, 0.15) is 0 Å². The number of nitrogens with zero attached hydrogens (tertiary/aromatic N) is 2. The van der Waals surface area contributed by atoms with Crippen molar-refractivity contribution in [2.24, 2.45) is 5.73 Å². The second-order valence-corrected chi connectivity index (χ2v) is 4.20. The average Bonchev–Trinajstić information content (AvgIpc) is 2.69. The highest BCUT2D eigenvalue weighted by Gasteiger charge is 2.11. The van der Waals surface area contributed by atoms with Gasteiger partial charge in [-0.15, -0.1) is 0 Å². The minimum Gasteiger partial charge on any atom is -0.366 e. The van der Waals surface area contributed by atoms with Crippen molar-refractivity contribution >= 4 is 16.8 Å². The van der Waals surface area contributed by atoms with Crippen molar-refractivity contribution in [1.29, 1.82) is 0 Å². The van der Waals surface area contributed by atoms with Crippen LogP contribution in [-0.2, 0) is 6.54 Å². The predicted molar refractivity (Wildman–Crippen MR) is 67.8 cm³/mol. The molecule has 2 rings (SSSR count). The number of primary amides is 1. The average molecular weight is 231 g/mol. The Morgan fingerprint density at radius 2 is 2.29 bits per heavy atom. The molecular formula is C13H17N3O. The number of nitrogens with two attached hydrogens (primary N) is 1. The maximum absolute atomic E-state index is 11.3. The molecule has 4 heteroatoms. The minimum atomic E-state index is -0.391. The second kappa shape index (κ2) is 4.99. The summed E-state index contributed by atoms with van der Waals surface area (Å²) in [5.74, 6) is -0.391. The van der Waals surface area contributed by atoms with Crippen molar-refractivity contribution in [3.8, 4) is 0 Å². The van der Waals surface area contributed by atoms with Crippen LogP contribution in [0.1, 0.15) is 36.5 Å². The van der Waals surface area contributed by atoms with Crippen LogP contribution in [0.15, 0.2) is 24.7 Å². The van der Waals surface area contributed by atoms with Crippen molar-refractivity contribution < 1.29 is 4.79 Å². The number of amides is 1. The first kappa shape index (κ1) is 11.6. The zero-order chi connectivity index (χ0) is 12.3. The third-order valence-corrected chi connectivity index (χ3v) is 2.95. The SMILES string of the molecule is CCCCCn1cc(C(N)=O)c2cnccc21. The molecule has 1 amide bonds. The summed E-state index contributed by atoms with van der Waals surface area (Å²) in [6.45, 7) is 3.09. The number of aromatic nitrogens is 2. The topological polar surface area (TPSA) is 60.9 Å². The monoisotopic (exact) mass is 231 g/mol. The van der Waals surface area contributed by atoms with Crippen LogP contribution in [0.3, 0.4) is 0 Å². The van der Waals surface area contributed by atoms with Gasteiger partial charge in [0.15, 0.2) is 0 Å². The molecule has 0 radical (unpaired) electrons. The Labute approximate surface area is 100 Å². The third kappa shape index (κ3) is 2.30. The van der Waals surface area contributed by atoms with E-state index in [2.05, 4.69) is 16.5 Å². The molecule has 0 aliphatic rings. The zero-order valence-corrected chi connectivity index (χ0v) is 10.0. The standard InChI is InChI=1S/C13H17N3O/c1-2-3-4-7-16-9-11(13(14)17)10-8-15-6-5-12(10)16/h5-6,8-9H,2-4,7H2,1H3,(H2,14,17). The lowest BCUT2D eigenvalue weighted by Crippen LogP contribution is -2.10. The molecule has 17 heavy (non-hydrogen) atoms. The van der Waals surface area contributed by atoms with Crippen molar-refractivity contribution in [1.82, 2.24) is 9.55 Å². The van der Waals surface area contributed by atoms with Crippen LogP contribution in [-0.4, -0.2) is 15.5 Å². The number of carbonyl (C=O) groups is 1. The number of aryl methyl sites for hydroxylation is 1. The van der Waals surface area contributed by atoms with Crippen LogP contribution in [0.4, 0.5) is 0 Å². The van der Waals surface area contributed by atoms with Crippen LogP contribution < -0.4 is 5.73 Å². The Bertz CT molecular complexity index is 530. The molecule has 2 aromatic heterocycles. The van der Waals surface area contributed by atoms with Crippen LogP contribution in [0.5, 0.6) is 0 Å². The molecular weight excluding hydrogens is 214 g/mol. The van der Waals surface area contributed by atoms with Gasteiger partial charge in [-0.3, -0.25) is 9.78 Å². The lowest BCUT2D eigenvalue weighted by Gasteiger charge is -2.03. The van der Waals surface area contributed by atoms with E-state index in [1.807, 2.05) is 12.3 Å². The van der Waals surface area contributed by atoms with Gasteiger partial charge < -0.3 is 10.3 Å². The predicted octanol–water partition coefficient (Wildman–Crippen LogP) is 2.33. The first-order valence-corrected chi connectivity index (χ1v) is 5.96. The second-order valence-electron chi connectivity index (χ2n) is 4.20. The molecule has 90 valence electrons. The third-order valence-electron chi connectivity index (χ3n) is 2.95. The Balaban J connectivity index is 2.38. The molecule has 0 fully saturated rings. The maximum atomic E-state index is 11.3. The molecule has 0 aliphatic heterocycles. The highest BCUT2D eigenvalue weighted by atomic mass is 16.1. The van der Waals surface area contributed by atoms with Gasteiger partial charge in [-0.05, 0) is 12.5 Å². The van der Waals surface area contributed by atoms with Gasteiger partial charge in [0.05, 0.1) is 11.1 Å². The van der Waals surface area contributed by atoms with Crippen molar-refractivity contribution in [2.45, 2.75) is 32.7 Å². The molecule has 2 heterocycles. The molecule has 0 atom stereocenters. The highest BCUT2D eigenvalue weighted by Crippen LogP contribution is 2.20. The normalized spacial score (nSPS) is 10.9. The van der Waals surface area contributed by atoms with Crippen LogP contribution >= 0.6 is 0 Å². The fourth-order valence-corrected chi connectivity index (χ4v) is 2.05. The molecule has 0 unspecified atom stereocenters. The number of pyridine rings is 1. The lowest BCUT2D eigenvalue weighted by molar-refractivity contribution is 0.100. The summed E-state index contributed by atoms with van der Waals surface area (Å²) in [6.07, 6.45) is 8.76. The molecule has 4 nitrogen and oxygen atoms in total. The lowest BCUT2D eigenvalue weighted by atomic mass is 10.2. The smallest absolute Gasteiger partial charge is 0.250 e. The molecule has 0 saturated carbocycles. The van der Waals surface area contributed by atoms with E-state index in [4.69, 9.17) is 5.73 Å². The van der Waals surface area contributed by atoms with Crippen LogP contribution in [0.2, 0.25) is 0 Å². The van der Waals surface area contributed by atoms with E-state index in [1.54, 1.807) is 12.4 Å². The van der Waals surface area contributed by atoms with Gasteiger partial charge in [0.25, 0.3) is 5.91 Å². The van der Waals surface area contributed by atoms with Crippen molar-refractivity contribution in [2.75, 3.05) is 0 Å². The van der Waals surface area contributed by atoms with E-state index in [0.29, 0.717) is 5.56 Å². The Kier molecular flexibility index (Phi) is 3.42. The summed E-state index contributed by atoms with van der Waals surface area (Å²) in [7, 11) is 0. The number of rotatable bonds is 5. The molecule has 0 spiro atoms.